The molecular formula is C31H40N6O6. The highest BCUT2D eigenvalue weighted by Crippen LogP contribution is 2.31. The fraction of sp³-hybridized carbons (Fsp3) is 0.452. The molecule has 1 aliphatic rings. The van der Waals surface area contributed by atoms with Gasteiger partial charge in [-0.15, -0.1) is 5.10 Å². The van der Waals surface area contributed by atoms with Gasteiger partial charge in [-0.2, -0.15) is 0 Å². The van der Waals surface area contributed by atoms with E-state index in [0.29, 0.717) is 37.4 Å². The van der Waals surface area contributed by atoms with Crippen molar-refractivity contribution in [2.45, 2.75) is 51.3 Å². The van der Waals surface area contributed by atoms with Crippen LogP contribution in [0.5, 0.6) is 11.5 Å². The van der Waals surface area contributed by atoms with Crippen LogP contribution in [0.1, 0.15) is 41.9 Å². The van der Waals surface area contributed by atoms with E-state index in [0.717, 1.165) is 11.3 Å². The fourth-order valence-corrected chi connectivity index (χ4v) is 4.73. The van der Waals surface area contributed by atoms with Gasteiger partial charge in [0.1, 0.15) is 11.6 Å². The number of ether oxygens (including phenoxy) is 3. The first-order valence-corrected chi connectivity index (χ1v) is 14.4. The summed E-state index contributed by atoms with van der Waals surface area (Å²) in [7, 11) is 3.00. The van der Waals surface area contributed by atoms with Gasteiger partial charge in [0.15, 0.2) is 11.5 Å². The molecule has 2 bridgehead atoms. The number of carbonyl (C=O) groups excluding carboxylic acids is 3. The van der Waals surface area contributed by atoms with Crippen molar-refractivity contribution in [3.05, 3.63) is 71.5 Å². The van der Waals surface area contributed by atoms with Crippen LogP contribution in [0, 0.1) is 0 Å². The summed E-state index contributed by atoms with van der Waals surface area (Å²) in [6.07, 6.45) is 3.18. The van der Waals surface area contributed by atoms with E-state index in [4.69, 9.17) is 14.2 Å². The molecule has 0 spiro atoms. The number of hydrogen-bond donors (Lipinski definition) is 2. The minimum absolute atomic E-state index is 0.172. The zero-order valence-corrected chi connectivity index (χ0v) is 25.2. The van der Waals surface area contributed by atoms with Crippen LogP contribution >= 0.6 is 0 Å². The van der Waals surface area contributed by atoms with Crippen LogP contribution < -0.4 is 20.1 Å². The molecule has 0 saturated heterocycles. The van der Waals surface area contributed by atoms with Crippen LogP contribution in [-0.4, -0.2) is 89.7 Å². The van der Waals surface area contributed by atoms with Gasteiger partial charge in [-0.05, 0) is 31.5 Å². The molecule has 0 radical (unpaired) electrons. The maximum Gasteiger partial charge on any atom is 0.255 e. The molecule has 2 heterocycles. The summed E-state index contributed by atoms with van der Waals surface area (Å²) in [4.78, 5) is 42.1. The van der Waals surface area contributed by atoms with Crippen molar-refractivity contribution >= 4 is 17.7 Å². The first kappa shape index (κ1) is 31.5. The van der Waals surface area contributed by atoms with Crippen molar-refractivity contribution in [1.29, 1.82) is 0 Å². The van der Waals surface area contributed by atoms with Crippen molar-refractivity contribution in [2.24, 2.45) is 0 Å². The van der Waals surface area contributed by atoms with E-state index in [9.17, 15) is 14.4 Å². The summed E-state index contributed by atoms with van der Waals surface area (Å²) in [6.45, 7) is 5.02. The number of nitrogens with zero attached hydrogens (tertiary/aromatic N) is 4. The molecule has 1 aliphatic heterocycles. The average Bonchev–Trinajstić information content (AvgIpc) is 3.47. The number of hydrogen-bond acceptors (Lipinski definition) is 8. The van der Waals surface area contributed by atoms with Crippen molar-refractivity contribution in [2.75, 3.05) is 40.5 Å². The van der Waals surface area contributed by atoms with Crippen LogP contribution in [-0.2, 0) is 33.7 Å². The van der Waals surface area contributed by atoms with E-state index in [1.165, 1.54) is 14.2 Å². The summed E-state index contributed by atoms with van der Waals surface area (Å²) >= 11 is 0. The molecule has 0 aliphatic carbocycles. The predicted octanol–water partition coefficient (Wildman–Crippen LogP) is 2.02. The Morgan fingerprint density at radius 2 is 1.86 bits per heavy atom. The van der Waals surface area contributed by atoms with E-state index >= 15 is 0 Å². The summed E-state index contributed by atoms with van der Waals surface area (Å²) in [6, 6.07) is 13.6. The summed E-state index contributed by atoms with van der Waals surface area (Å²) in [5.74, 6) is -0.341. The first-order valence-electron chi connectivity index (χ1n) is 14.4. The van der Waals surface area contributed by atoms with Gasteiger partial charge >= 0.3 is 0 Å². The maximum atomic E-state index is 13.6. The van der Waals surface area contributed by atoms with Gasteiger partial charge in [0.2, 0.25) is 5.91 Å². The standard InChI is InChI=1S/C31H40N6O6/c1-31(2,42-4)30(40)36-17-14-23-21-37(35-34-23)16-9-19-43-27-24(12-8-13-26(27)41-3)28(38)33-25(29(39)32-15-18-36)20-22-10-6-5-7-11-22/h5-8,10-13,21,25H,9,14-20H2,1-4H3,(H,32,39)(H,33,38)/t25-/m0/s1. The average molecular weight is 593 g/mol. The van der Waals surface area contributed by atoms with Gasteiger partial charge in [-0.25, -0.2) is 0 Å². The second-order valence-corrected chi connectivity index (χ2v) is 10.8. The number of amides is 3. The lowest BCUT2D eigenvalue weighted by Gasteiger charge is -2.31. The van der Waals surface area contributed by atoms with Crippen LogP contribution in [0.4, 0.5) is 0 Å². The Kier molecular flexibility index (Phi) is 10.7. The minimum atomic E-state index is -1.05. The van der Waals surface area contributed by atoms with E-state index in [-0.39, 0.29) is 43.5 Å². The highest BCUT2D eigenvalue weighted by atomic mass is 16.5. The number of carbonyl (C=O) groups is 3. The molecule has 12 heteroatoms. The van der Waals surface area contributed by atoms with E-state index in [1.807, 2.05) is 36.5 Å². The Balaban J connectivity index is 1.62. The molecular weight excluding hydrogens is 552 g/mol. The predicted molar refractivity (Wildman–Crippen MR) is 159 cm³/mol. The number of aromatic nitrogens is 3. The van der Waals surface area contributed by atoms with Crippen molar-refractivity contribution in [3.8, 4) is 11.5 Å². The van der Waals surface area contributed by atoms with Crippen molar-refractivity contribution in [1.82, 2.24) is 30.5 Å². The Bertz CT molecular complexity index is 1390. The smallest absolute Gasteiger partial charge is 0.255 e. The summed E-state index contributed by atoms with van der Waals surface area (Å²) in [5.41, 5.74) is 0.828. The molecule has 0 fully saturated rings. The third-order valence-electron chi connectivity index (χ3n) is 7.34. The monoisotopic (exact) mass is 592 g/mol. The molecule has 1 aromatic heterocycles. The SMILES string of the molecule is COc1cccc2c1OCCCn1cc(nn1)CCN(C(=O)C(C)(C)OC)CCNC(=O)[C@H](Cc1ccccc1)NC2=O. The molecule has 3 aromatic rings. The topological polar surface area (TPSA) is 137 Å². The lowest BCUT2D eigenvalue weighted by Crippen LogP contribution is -2.52. The number of benzene rings is 2. The Hall–Kier alpha value is -4.45. The van der Waals surface area contributed by atoms with Crippen LogP contribution in [0.3, 0.4) is 0 Å². The zero-order valence-electron chi connectivity index (χ0n) is 25.2. The summed E-state index contributed by atoms with van der Waals surface area (Å²) in [5, 5.41) is 14.3. The van der Waals surface area contributed by atoms with Crippen LogP contribution in [0.25, 0.3) is 0 Å². The van der Waals surface area contributed by atoms with Crippen molar-refractivity contribution < 1.29 is 28.6 Å². The number of methoxy groups -OCH3 is 2. The summed E-state index contributed by atoms with van der Waals surface area (Å²) < 4.78 is 18.7. The fourth-order valence-electron chi connectivity index (χ4n) is 4.73. The zero-order chi connectivity index (χ0) is 30.8. The second kappa shape index (κ2) is 14.6. The normalized spacial score (nSPS) is 17.3. The molecule has 230 valence electrons. The van der Waals surface area contributed by atoms with Crippen molar-refractivity contribution in [3.63, 3.8) is 0 Å². The Morgan fingerprint density at radius 3 is 2.60 bits per heavy atom. The molecule has 2 aromatic carbocycles. The van der Waals surface area contributed by atoms with E-state index in [2.05, 4.69) is 20.9 Å². The van der Waals surface area contributed by atoms with Gasteiger partial charge in [0.25, 0.3) is 11.8 Å². The van der Waals surface area contributed by atoms with E-state index in [1.54, 1.807) is 41.6 Å². The third kappa shape index (κ3) is 8.31. The third-order valence-corrected chi connectivity index (χ3v) is 7.34. The lowest BCUT2D eigenvalue weighted by molar-refractivity contribution is -0.151. The number of rotatable bonds is 5. The second-order valence-electron chi connectivity index (χ2n) is 10.8. The lowest BCUT2D eigenvalue weighted by atomic mass is 10.0. The number of para-hydroxylation sites is 1. The van der Waals surface area contributed by atoms with Crippen LogP contribution in [0.15, 0.2) is 54.7 Å². The minimum Gasteiger partial charge on any atom is -0.493 e. The molecule has 3 amide bonds. The maximum absolute atomic E-state index is 13.6. The highest BCUT2D eigenvalue weighted by molar-refractivity contribution is 6.00. The van der Waals surface area contributed by atoms with E-state index < -0.39 is 17.6 Å². The number of fused-ring (bicyclic) bond motifs is 3. The Labute approximate surface area is 251 Å². The highest BCUT2D eigenvalue weighted by Gasteiger charge is 2.32. The number of nitrogens with one attached hydrogen (secondary N) is 2. The van der Waals surface area contributed by atoms with Gasteiger partial charge in [0, 0.05) is 58.7 Å². The molecule has 12 nitrogen and oxygen atoms in total. The molecule has 1 atom stereocenters. The Morgan fingerprint density at radius 1 is 1.07 bits per heavy atom. The van der Waals surface area contributed by atoms with Gasteiger partial charge in [-0.1, -0.05) is 41.6 Å². The largest absolute Gasteiger partial charge is 0.493 e. The molecule has 0 unspecified atom stereocenters. The van der Waals surface area contributed by atoms with Gasteiger partial charge in [-0.3, -0.25) is 19.1 Å². The molecule has 43 heavy (non-hydrogen) atoms. The quantitative estimate of drug-likeness (QED) is 0.459. The first-order chi connectivity index (χ1) is 20.7. The number of aryl methyl sites for hydroxylation is 1. The molecule has 0 saturated carbocycles. The van der Waals surface area contributed by atoms with Crippen LogP contribution in [0.2, 0.25) is 0 Å². The van der Waals surface area contributed by atoms with Gasteiger partial charge in [0.05, 0.1) is 25.0 Å². The molecule has 2 N–H and O–H groups in total. The molecule has 4 rings (SSSR count). The van der Waals surface area contributed by atoms with Gasteiger partial charge < -0.3 is 29.7 Å².